The maximum absolute atomic E-state index is 14.0. The van der Waals surface area contributed by atoms with E-state index in [1.807, 2.05) is 0 Å². The maximum atomic E-state index is 14.0. The van der Waals surface area contributed by atoms with Gasteiger partial charge in [0.15, 0.2) is 5.96 Å². The highest BCUT2D eigenvalue weighted by Crippen LogP contribution is 2.21. The molecule has 1 aliphatic rings. The van der Waals surface area contributed by atoms with Gasteiger partial charge in [-0.1, -0.05) is 52.3 Å². The van der Waals surface area contributed by atoms with E-state index >= 15 is 0 Å². The first-order chi connectivity index (χ1) is 35.3. The molecule has 0 aliphatic carbocycles. The number of para-hydroxylation sites is 1. The van der Waals surface area contributed by atoms with Gasteiger partial charge in [-0.25, -0.2) is 4.79 Å². The normalized spacial score (nSPS) is 17.3. The molecule has 75 heavy (non-hydrogen) atoms. The molecule has 2 aromatic rings. The summed E-state index contributed by atoms with van der Waals surface area (Å²) in [7, 11) is 0. The van der Waals surface area contributed by atoms with Crippen molar-refractivity contribution in [3.05, 3.63) is 36.0 Å². The summed E-state index contributed by atoms with van der Waals surface area (Å²) in [5, 5.41) is 48.3. The van der Waals surface area contributed by atoms with Gasteiger partial charge >= 0.3 is 5.97 Å². The number of likely N-dealkylation sites (tertiary alicyclic amines) is 1. The van der Waals surface area contributed by atoms with Gasteiger partial charge in [0.2, 0.25) is 53.2 Å². The van der Waals surface area contributed by atoms with Crippen LogP contribution >= 0.6 is 0 Å². The highest BCUT2D eigenvalue weighted by Gasteiger charge is 2.39. The molecule has 27 nitrogen and oxygen atoms in total. The average Bonchev–Trinajstić information content (AvgIpc) is 4.01. The van der Waals surface area contributed by atoms with E-state index in [0.29, 0.717) is 18.4 Å². The van der Waals surface area contributed by atoms with Gasteiger partial charge in [-0.2, -0.15) is 0 Å². The molecule has 0 radical (unpaired) electrons. The minimum Gasteiger partial charge on any atom is -0.480 e. The van der Waals surface area contributed by atoms with Crippen LogP contribution in [-0.2, 0) is 54.4 Å². The number of hydrogen-bond acceptors (Lipinski definition) is 14. The lowest BCUT2D eigenvalue weighted by Gasteiger charge is -2.30. The van der Waals surface area contributed by atoms with E-state index in [0.717, 1.165) is 10.9 Å². The zero-order chi connectivity index (χ0) is 56.3. The Kier molecular flexibility index (Phi) is 24.3. The first kappa shape index (κ1) is 61.9. The van der Waals surface area contributed by atoms with Crippen molar-refractivity contribution in [3.63, 3.8) is 0 Å². The topological polar surface area (TPSA) is 451 Å². The number of H-pyrrole nitrogens is 1. The highest BCUT2D eigenvalue weighted by molar-refractivity contribution is 5.99. The van der Waals surface area contributed by atoms with Crippen LogP contribution in [0.1, 0.15) is 92.1 Å². The van der Waals surface area contributed by atoms with Crippen molar-refractivity contribution in [2.75, 3.05) is 19.7 Å². The van der Waals surface area contributed by atoms with Gasteiger partial charge in [0.1, 0.15) is 54.4 Å². The van der Waals surface area contributed by atoms with Crippen LogP contribution in [0.5, 0.6) is 0 Å². The Hall–Kier alpha value is -7.39. The number of aromatic amines is 1. The molecule has 0 spiro atoms. The molecule has 1 fully saturated rings. The number of carbonyl (C=O) groups is 10. The Bertz CT molecular complexity index is 2370. The number of nitrogens with one attached hydrogen (secondary N) is 8. The van der Waals surface area contributed by atoms with Crippen molar-refractivity contribution in [3.8, 4) is 0 Å². The summed E-state index contributed by atoms with van der Waals surface area (Å²) in [5.41, 5.74) is 23.4. The number of aliphatic imine (C=N–C) groups is 1. The number of guanidine groups is 1. The minimum atomic E-state index is -1.75. The molecular formula is C48H76N14O13. The number of hydrogen-bond donors (Lipinski definition) is 15. The first-order valence-electron chi connectivity index (χ1n) is 24.9. The molecule has 1 saturated heterocycles. The first-order valence-corrected chi connectivity index (χ1v) is 24.9. The number of aromatic nitrogens is 1. The van der Waals surface area contributed by atoms with Gasteiger partial charge in [-0.3, -0.25) is 48.1 Å². The second-order valence-corrected chi connectivity index (χ2v) is 19.2. The molecule has 416 valence electrons. The Morgan fingerprint density at radius 3 is 1.97 bits per heavy atom. The number of carboxylic acid groups (broad SMARTS) is 1. The number of nitrogens with zero attached hydrogens (tertiary/aromatic N) is 2. The number of aliphatic carboxylic acids is 1. The largest absolute Gasteiger partial charge is 0.480 e. The number of benzene rings is 1. The standard InChI is InChI=1S/C48H76N14O13/c1-7-24(4)37(47(74)75)60-43(70)33(19-27-21-54-30-13-9-8-12-28(27)30)57-39(66)25(5)55-41(68)34(20-36(50)65)58-42(69)32(18-23(2)3)59-45(72)38(26(6)64)61-40(67)31(14-10-16-53-48(51)52)56-44(71)35-15-11-17-62(35)46(73)29(49)22-63/h8-9,12-13,21,23-26,29,31-35,37-38,54,63-64H,7,10-11,14-20,22,49H2,1-6H3,(H2,50,65)(H,55,68)(H,56,71)(H,57,66)(H,58,69)(H,59,72)(H,60,70)(H,61,67)(H,74,75)(H4,51,52,53)/t24-,25-,26+,29-,31-,32-,33-,34-,35-,37-,38-/m0/s1. The fraction of sp³-hybridized carbons (Fsp3) is 0.604. The van der Waals surface area contributed by atoms with Crippen molar-refractivity contribution in [1.29, 1.82) is 0 Å². The Balaban J connectivity index is 1.81. The van der Waals surface area contributed by atoms with Crippen molar-refractivity contribution in [1.82, 2.24) is 47.1 Å². The number of carbonyl (C=O) groups excluding carboxylic acids is 9. The summed E-state index contributed by atoms with van der Waals surface area (Å²) in [6, 6.07) is -5.54. The predicted octanol–water partition coefficient (Wildman–Crippen LogP) is -4.08. The SMILES string of the molecule is CC[C@H](C)[C@H](NC(=O)[C@H](Cc1c[nH]c2ccccc12)NC(=O)[C@H](C)NC(=O)[C@H](CC(N)=O)NC(=O)[C@H](CC(C)C)NC(=O)[C@@H](NC(=O)[C@H](CCCN=C(N)N)NC(=O)[C@@H]1CCCN1C(=O)[C@@H](N)CO)[C@@H](C)O)C(=O)O. The molecule has 2 heterocycles. The van der Waals surface area contributed by atoms with Crippen LogP contribution in [0.25, 0.3) is 10.9 Å². The molecule has 1 aliphatic heterocycles. The number of primary amides is 1. The van der Waals surface area contributed by atoms with Crippen LogP contribution in [0.3, 0.4) is 0 Å². The van der Waals surface area contributed by atoms with Crippen LogP contribution in [0, 0.1) is 11.8 Å². The lowest BCUT2D eigenvalue weighted by atomic mass is 9.98. The van der Waals surface area contributed by atoms with E-state index in [-0.39, 0.29) is 57.1 Å². The number of nitrogens with two attached hydrogens (primary N) is 4. The Morgan fingerprint density at radius 2 is 1.37 bits per heavy atom. The summed E-state index contributed by atoms with van der Waals surface area (Å²) in [4.78, 5) is 142. The molecule has 3 rings (SSSR count). The predicted molar refractivity (Wildman–Crippen MR) is 273 cm³/mol. The van der Waals surface area contributed by atoms with Crippen molar-refractivity contribution in [2.24, 2.45) is 39.8 Å². The second-order valence-electron chi connectivity index (χ2n) is 19.2. The summed E-state index contributed by atoms with van der Waals surface area (Å²) in [6.45, 7) is 8.81. The number of carboxylic acids is 1. The molecule has 27 heteroatoms. The molecule has 0 bridgehead atoms. The van der Waals surface area contributed by atoms with Crippen LogP contribution in [-0.4, -0.2) is 170 Å². The van der Waals surface area contributed by atoms with Gasteiger partial charge in [0, 0.05) is 36.6 Å². The van der Waals surface area contributed by atoms with Crippen molar-refractivity contribution < 1.29 is 63.3 Å². The third-order valence-corrected chi connectivity index (χ3v) is 12.6. The van der Waals surface area contributed by atoms with Gasteiger partial charge in [-0.15, -0.1) is 0 Å². The van der Waals surface area contributed by atoms with Crippen molar-refractivity contribution >= 4 is 76.0 Å². The van der Waals surface area contributed by atoms with Gasteiger partial charge in [0.25, 0.3) is 0 Å². The van der Waals surface area contributed by atoms with Gasteiger partial charge < -0.3 is 85.4 Å². The summed E-state index contributed by atoms with van der Waals surface area (Å²) in [6.07, 6.45) is 0.190. The highest BCUT2D eigenvalue weighted by atomic mass is 16.4. The lowest BCUT2D eigenvalue weighted by Crippen LogP contribution is -2.62. The number of rotatable bonds is 30. The molecule has 0 saturated carbocycles. The van der Waals surface area contributed by atoms with E-state index in [1.165, 1.54) is 18.7 Å². The monoisotopic (exact) mass is 1060 g/mol. The number of aliphatic hydroxyl groups excluding tert-OH is 2. The smallest absolute Gasteiger partial charge is 0.326 e. The third kappa shape index (κ3) is 18.8. The molecule has 9 amide bonds. The molecular weight excluding hydrogens is 981 g/mol. The summed E-state index contributed by atoms with van der Waals surface area (Å²) >= 11 is 0. The van der Waals surface area contributed by atoms with Crippen molar-refractivity contribution in [2.45, 2.75) is 153 Å². The Morgan fingerprint density at radius 1 is 0.773 bits per heavy atom. The molecule has 11 atom stereocenters. The van der Waals surface area contributed by atoms with E-state index in [2.05, 4.69) is 47.2 Å². The maximum Gasteiger partial charge on any atom is 0.326 e. The fourth-order valence-corrected chi connectivity index (χ4v) is 8.28. The Labute approximate surface area is 434 Å². The van der Waals surface area contributed by atoms with E-state index in [9.17, 15) is 63.3 Å². The average molecular weight is 1060 g/mol. The zero-order valence-corrected chi connectivity index (χ0v) is 43.2. The van der Waals surface area contributed by atoms with Crippen LogP contribution < -0.4 is 60.2 Å². The summed E-state index contributed by atoms with van der Waals surface area (Å²) < 4.78 is 0. The number of aliphatic hydroxyl groups is 2. The molecule has 0 unspecified atom stereocenters. The molecule has 19 N–H and O–H groups in total. The fourth-order valence-electron chi connectivity index (χ4n) is 8.28. The third-order valence-electron chi connectivity index (χ3n) is 12.6. The zero-order valence-electron chi connectivity index (χ0n) is 43.2. The molecule has 1 aromatic carbocycles. The van der Waals surface area contributed by atoms with Gasteiger partial charge in [0.05, 0.1) is 19.1 Å². The van der Waals surface area contributed by atoms with Crippen LogP contribution in [0.15, 0.2) is 35.5 Å². The van der Waals surface area contributed by atoms with Gasteiger partial charge in [-0.05, 0) is 69.4 Å². The van der Waals surface area contributed by atoms with Crippen LogP contribution in [0.4, 0.5) is 0 Å². The minimum absolute atomic E-state index is 0.0371. The number of fused-ring (bicyclic) bond motifs is 1. The number of amides is 9. The second kappa shape index (κ2) is 29.5. The van der Waals surface area contributed by atoms with Crippen LogP contribution in [0.2, 0.25) is 0 Å². The summed E-state index contributed by atoms with van der Waals surface area (Å²) in [5.74, 6) is -10.5. The molecule has 1 aromatic heterocycles. The van der Waals surface area contributed by atoms with E-state index in [4.69, 9.17) is 22.9 Å². The quantitative estimate of drug-likeness (QED) is 0.0201. The van der Waals surface area contributed by atoms with E-state index in [1.54, 1.807) is 58.2 Å². The lowest BCUT2D eigenvalue weighted by molar-refractivity contribution is -0.143. The van der Waals surface area contributed by atoms with E-state index < -0.39 is 139 Å².